The number of amides is 1. The molecule has 1 aliphatic heterocycles. The number of ether oxygens (including phenoxy) is 2. The Kier molecular flexibility index (Phi) is 5.26. The average Bonchev–Trinajstić information content (AvgIpc) is 3.45. The summed E-state index contributed by atoms with van der Waals surface area (Å²) in [4.78, 5) is 29.1. The zero-order valence-corrected chi connectivity index (χ0v) is 18.2. The molecule has 1 unspecified atom stereocenters. The first-order valence-corrected chi connectivity index (χ1v) is 10.6. The molecule has 0 aliphatic carbocycles. The highest BCUT2D eigenvalue weighted by molar-refractivity contribution is 5.98. The SMILES string of the molecule is COC(=O)c1ccccc1-c1cc(C)cc2c1OC(CNC(=O)c1cc3ncccn3n1)C2. The van der Waals surface area contributed by atoms with Crippen LogP contribution < -0.4 is 10.1 Å². The highest BCUT2D eigenvalue weighted by Gasteiger charge is 2.28. The second-order valence-corrected chi connectivity index (χ2v) is 7.94. The molecule has 33 heavy (non-hydrogen) atoms. The Bertz CT molecular complexity index is 1350. The van der Waals surface area contributed by atoms with E-state index in [4.69, 9.17) is 9.47 Å². The van der Waals surface area contributed by atoms with Crippen LogP contribution in [-0.4, -0.2) is 46.2 Å². The Balaban J connectivity index is 1.36. The van der Waals surface area contributed by atoms with Crippen LogP contribution in [0.15, 0.2) is 60.9 Å². The number of hydrogen-bond donors (Lipinski definition) is 1. The Morgan fingerprint density at radius 1 is 1.18 bits per heavy atom. The van der Waals surface area contributed by atoms with Crippen molar-refractivity contribution in [2.24, 2.45) is 0 Å². The summed E-state index contributed by atoms with van der Waals surface area (Å²) in [7, 11) is 1.37. The third-order valence-corrected chi connectivity index (χ3v) is 5.62. The summed E-state index contributed by atoms with van der Waals surface area (Å²) in [5.74, 6) is 0.0465. The number of hydrogen-bond acceptors (Lipinski definition) is 6. The van der Waals surface area contributed by atoms with Gasteiger partial charge < -0.3 is 14.8 Å². The number of fused-ring (bicyclic) bond motifs is 2. The van der Waals surface area contributed by atoms with Gasteiger partial charge in [-0.05, 0) is 41.8 Å². The molecule has 4 aromatic rings. The van der Waals surface area contributed by atoms with Crippen molar-refractivity contribution in [1.29, 1.82) is 0 Å². The molecule has 166 valence electrons. The van der Waals surface area contributed by atoms with Crippen LogP contribution in [0.5, 0.6) is 5.75 Å². The van der Waals surface area contributed by atoms with Gasteiger partial charge in [-0.3, -0.25) is 4.79 Å². The number of aryl methyl sites for hydroxylation is 1. The molecule has 1 aliphatic rings. The minimum absolute atomic E-state index is 0.232. The van der Waals surface area contributed by atoms with Crippen molar-refractivity contribution in [2.45, 2.75) is 19.4 Å². The molecule has 3 heterocycles. The summed E-state index contributed by atoms with van der Waals surface area (Å²) in [5, 5.41) is 7.16. The van der Waals surface area contributed by atoms with Crippen LogP contribution >= 0.6 is 0 Å². The third kappa shape index (κ3) is 3.91. The number of rotatable bonds is 5. The molecule has 1 atom stereocenters. The Morgan fingerprint density at radius 3 is 2.85 bits per heavy atom. The normalized spacial score (nSPS) is 14.5. The molecule has 0 bridgehead atoms. The largest absolute Gasteiger partial charge is 0.487 e. The van der Waals surface area contributed by atoms with Crippen molar-refractivity contribution in [3.8, 4) is 16.9 Å². The highest BCUT2D eigenvalue weighted by Crippen LogP contribution is 2.41. The van der Waals surface area contributed by atoms with Gasteiger partial charge in [0.05, 0.1) is 19.2 Å². The van der Waals surface area contributed by atoms with E-state index < -0.39 is 5.97 Å². The second kappa shape index (κ2) is 8.38. The van der Waals surface area contributed by atoms with E-state index in [0.717, 1.165) is 28.0 Å². The molecule has 0 saturated carbocycles. The minimum atomic E-state index is -0.399. The van der Waals surface area contributed by atoms with E-state index in [0.29, 0.717) is 29.9 Å². The van der Waals surface area contributed by atoms with Gasteiger partial charge in [0, 0.05) is 30.4 Å². The van der Waals surface area contributed by atoms with Crippen molar-refractivity contribution in [1.82, 2.24) is 19.9 Å². The lowest BCUT2D eigenvalue weighted by molar-refractivity contribution is 0.0601. The van der Waals surface area contributed by atoms with E-state index in [1.807, 2.05) is 25.1 Å². The maximum Gasteiger partial charge on any atom is 0.338 e. The van der Waals surface area contributed by atoms with E-state index in [1.165, 1.54) is 7.11 Å². The van der Waals surface area contributed by atoms with Gasteiger partial charge in [0.25, 0.3) is 5.91 Å². The van der Waals surface area contributed by atoms with E-state index in [-0.39, 0.29) is 12.0 Å². The number of carbonyl (C=O) groups excluding carboxylic acids is 2. The number of methoxy groups -OCH3 is 1. The third-order valence-electron chi connectivity index (χ3n) is 5.62. The molecule has 1 amide bonds. The molecular weight excluding hydrogens is 420 g/mol. The molecule has 0 radical (unpaired) electrons. The zero-order valence-electron chi connectivity index (χ0n) is 18.2. The van der Waals surface area contributed by atoms with Crippen molar-refractivity contribution in [2.75, 3.05) is 13.7 Å². The van der Waals surface area contributed by atoms with Gasteiger partial charge in [-0.15, -0.1) is 0 Å². The minimum Gasteiger partial charge on any atom is -0.487 e. The predicted molar refractivity (Wildman–Crippen MR) is 121 cm³/mol. The Hall–Kier alpha value is -4.20. The number of esters is 1. The van der Waals surface area contributed by atoms with Gasteiger partial charge in [0.2, 0.25) is 0 Å². The van der Waals surface area contributed by atoms with Crippen LogP contribution in [0.2, 0.25) is 0 Å². The summed E-state index contributed by atoms with van der Waals surface area (Å²) >= 11 is 0. The van der Waals surface area contributed by atoms with Crippen molar-refractivity contribution < 1.29 is 19.1 Å². The van der Waals surface area contributed by atoms with Gasteiger partial charge in [0.15, 0.2) is 11.3 Å². The van der Waals surface area contributed by atoms with Gasteiger partial charge in [-0.2, -0.15) is 5.10 Å². The fraction of sp³-hybridized carbons (Fsp3) is 0.200. The molecular formula is C25H22N4O4. The molecule has 0 saturated heterocycles. The smallest absolute Gasteiger partial charge is 0.338 e. The zero-order chi connectivity index (χ0) is 22.9. The number of carbonyl (C=O) groups is 2. The first kappa shape index (κ1) is 20.7. The van der Waals surface area contributed by atoms with Gasteiger partial charge >= 0.3 is 5.97 Å². The van der Waals surface area contributed by atoms with Crippen molar-refractivity contribution >= 4 is 17.5 Å². The number of nitrogens with zero attached hydrogens (tertiary/aromatic N) is 3. The Labute approximate surface area is 190 Å². The van der Waals surface area contributed by atoms with Crippen LogP contribution in [0.4, 0.5) is 0 Å². The maximum absolute atomic E-state index is 12.6. The van der Waals surface area contributed by atoms with Crippen molar-refractivity contribution in [3.05, 3.63) is 83.3 Å². The molecule has 2 aromatic carbocycles. The van der Waals surface area contributed by atoms with Crippen LogP contribution in [-0.2, 0) is 11.2 Å². The number of benzene rings is 2. The standard InChI is InChI=1S/C25H22N4O4/c1-15-10-16-12-17(14-27-24(30)21-13-22-26-8-5-9-29(22)28-21)33-23(16)20(11-15)18-6-3-4-7-19(18)25(31)32-2/h3-11,13,17H,12,14H2,1-2H3,(H,27,30). The topological polar surface area (TPSA) is 94.8 Å². The predicted octanol–water partition coefficient (Wildman–Crippen LogP) is 3.22. The second-order valence-electron chi connectivity index (χ2n) is 7.94. The molecule has 8 nitrogen and oxygen atoms in total. The summed E-state index contributed by atoms with van der Waals surface area (Å²) in [6.45, 7) is 2.34. The lowest BCUT2D eigenvalue weighted by atomic mass is 9.94. The monoisotopic (exact) mass is 442 g/mol. The summed E-state index contributed by atoms with van der Waals surface area (Å²) in [6.07, 6.45) is 3.81. The summed E-state index contributed by atoms with van der Waals surface area (Å²) < 4.78 is 12.8. The first-order valence-electron chi connectivity index (χ1n) is 10.6. The fourth-order valence-electron chi connectivity index (χ4n) is 4.15. The fourth-order valence-corrected chi connectivity index (χ4v) is 4.15. The average molecular weight is 442 g/mol. The van der Waals surface area contributed by atoms with Gasteiger partial charge in [-0.25, -0.2) is 14.3 Å². The molecule has 0 spiro atoms. The molecule has 8 heteroatoms. The van der Waals surface area contributed by atoms with Crippen molar-refractivity contribution in [3.63, 3.8) is 0 Å². The highest BCUT2D eigenvalue weighted by atomic mass is 16.5. The molecule has 1 N–H and O–H groups in total. The van der Waals surface area contributed by atoms with E-state index in [1.54, 1.807) is 41.2 Å². The maximum atomic E-state index is 12.6. The van der Waals surface area contributed by atoms with Crippen LogP contribution in [0.3, 0.4) is 0 Å². The lowest BCUT2D eigenvalue weighted by Gasteiger charge is -2.15. The number of nitrogens with one attached hydrogen (secondary N) is 1. The molecule has 5 rings (SSSR count). The lowest BCUT2D eigenvalue weighted by Crippen LogP contribution is -2.34. The molecule has 2 aromatic heterocycles. The summed E-state index contributed by atoms with van der Waals surface area (Å²) in [6, 6.07) is 14.8. The van der Waals surface area contributed by atoms with Crippen LogP contribution in [0, 0.1) is 6.92 Å². The molecule has 0 fully saturated rings. The Morgan fingerprint density at radius 2 is 2.03 bits per heavy atom. The van der Waals surface area contributed by atoms with E-state index >= 15 is 0 Å². The van der Waals surface area contributed by atoms with Gasteiger partial charge in [-0.1, -0.05) is 24.3 Å². The van der Waals surface area contributed by atoms with Crippen LogP contribution in [0.25, 0.3) is 16.8 Å². The summed E-state index contributed by atoms with van der Waals surface area (Å²) in [5.41, 5.74) is 5.09. The van der Waals surface area contributed by atoms with Crippen LogP contribution in [0.1, 0.15) is 32.0 Å². The van der Waals surface area contributed by atoms with E-state index in [2.05, 4.69) is 21.5 Å². The number of aromatic nitrogens is 3. The van der Waals surface area contributed by atoms with Gasteiger partial charge in [0.1, 0.15) is 11.9 Å². The first-order chi connectivity index (χ1) is 16.0. The van der Waals surface area contributed by atoms with E-state index in [9.17, 15) is 9.59 Å². The quantitative estimate of drug-likeness (QED) is 0.477.